The molecule has 0 fully saturated rings. The van der Waals surface area contributed by atoms with Gasteiger partial charge < -0.3 is 4.74 Å². The van der Waals surface area contributed by atoms with Gasteiger partial charge in [0.1, 0.15) is 52.2 Å². The number of hydrogen-bond acceptors (Lipinski definition) is 1. The smallest absolute Gasteiger partial charge is 0.315 e. The molecule has 0 saturated heterocycles. The van der Waals surface area contributed by atoms with E-state index in [1.54, 1.807) is 0 Å². The summed E-state index contributed by atoms with van der Waals surface area (Å²) in [6, 6.07) is 42.5. The van der Waals surface area contributed by atoms with Crippen LogP contribution in [0.4, 0.5) is 0 Å². The number of rotatable bonds is 1. The standard InChI is InChI=1S/C47H28N4O/c1-25-10-9-11-26(2)38(25)35-24-50-46-41-33(39-30-15-5-3-12-27(30)28-13-4-6-16-32(28)44(39)51(35)46)19-21-37-43(41)47(50)42-36(52-37)20-18-31-29-14-7-8-17-34(29)48-22-23-49(47)45(48)40(31)42/h3-24H,1-2H3/q+2. The van der Waals surface area contributed by atoms with Gasteiger partial charge in [0.05, 0.1) is 10.8 Å². The Morgan fingerprint density at radius 1 is 0.538 bits per heavy atom. The Morgan fingerprint density at radius 3 is 1.92 bits per heavy atom. The largest absolute Gasteiger partial charge is 0.456 e. The second-order valence-corrected chi connectivity index (χ2v) is 15.0. The summed E-state index contributed by atoms with van der Waals surface area (Å²) >= 11 is 0. The van der Waals surface area contributed by atoms with Crippen LogP contribution in [0.5, 0.6) is 11.5 Å². The van der Waals surface area contributed by atoms with Crippen LogP contribution in [-0.4, -0.2) is 8.80 Å². The van der Waals surface area contributed by atoms with Crippen molar-refractivity contribution in [2.24, 2.45) is 0 Å². The monoisotopic (exact) mass is 664 g/mol. The minimum Gasteiger partial charge on any atom is -0.456 e. The molecule has 1 spiro atoms. The maximum absolute atomic E-state index is 7.04. The van der Waals surface area contributed by atoms with Crippen LogP contribution in [-0.2, 0) is 5.66 Å². The number of benzene rings is 7. The van der Waals surface area contributed by atoms with Crippen LogP contribution in [0.15, 0.2) is 134 Å². The predicted molar refractivity (Wildman–Crippen MR) is 207 cm³/mol. The van der Waals surface area contributed by atoms with Gasteiger partial charge in [-0.05, 0) is 71.5 Å². The molecule has 240 valence electrons. The molecule has 0 amide bonds. The molecule has 0 saturated carbocycles. The molecule has 0 bridgehead atoms. The lowest BCUT2D eigenvalue weighted by Crippen LogP contribution is -2.71. The summed E-state index contributed by atoms with van der Waals surface area (Å²) in [6.45, 7) is 4.51. The van der Waals surface area contributed by atoms with Gasteiger partial charge in [-0.2, -0.15) is 17.9 Å². The van der Waals surface area contributed by atoms with Gasteiger partial charge in [-0.15, -0.1) is 0 Å². The number of imidazole rings is 2. The number of fused-ring (bicyclic) bond motifs is 11. The first-order valence-electron chi connectivity index (χ1n) is 18.1. The van der Waals surface area contributed by atoms with E-state index in [0.29, 0.717) is 0 Å². The number of nitrogens with zero attached hydrogens (tertiary/aromatic N) is 4. The van der Waals surface area contributed by atoms with E-state index < -0.39 is 5.66 Å². The summed E-state index contributed by atoms with van der Waals surface area (Å²) in [4.78, 5) is 0. The van der Waals surface area contributed by atoms with Crippen LogP contribution < -0.4 is 13.9 Å². The molecule has 0 N–H and O–H groups in total. The molecule has 3 aliphatic rings. The molecule has 1 atom stereocenters. The summed E-state index contributed by atoms with van der Waals surface area (Å²) in [5, 5.41) is 12.6. The molecule has 0 aliphatic carbocycles. The van der Waals surface area contributed by atoms with Gasteiger partial charge in [0.25, 0.3) is 11.3 Å². The Balaban J connectivity index is 1.32. The lowest BCUT2D eigenvalue weighted by molar-refractivity contribution is -0.944. The van der Waals surface area contributed by atoms with E-state index in [1.165, 1.54) is 110 Å². The van der Waals surface area contributed by atoms with Crippen molar-refractivity contribution in [3.63, 3.8) is 0 Å². The van der Waals surface area contributed by atoms with E-state index in [2.05, 4.69) is 166 Å². The van der Waals surface area contributed by atoms with Gasteiger partial charge in [-0.1, -0.05) is 84.9 Å². The first-order chi connectivity index (χ1) is 25.7. The molecule has 5 heteroatoms. The van der Waals surface area contributed by atoms with Crippen molar-refractivity contribution in [1.82, 2.24) is 8.80 Å². The van der Waals surface area contributed by atoms with Crippen LogP contribution in [0.2, 0.25) is 0 Å². The first kappa shape index (κ1) is 26.1. The van der Waals surface area contributed by atoms with Crippen molar-refractivity contribution in [3.8, 4) is 22.8 Å². The lowest BCUT2D eigenvalue weighted by atomic mass is 9.84. The normalized spacial score (nSPS) is 16.5. The van der Waals surface area contributed by atoms with Gasteiger partial charge >= 0.3 is 5.66 Å². The van der Waals surface area contributed by atoms with Crippen molar-refractivity contribution in [3.05, 3.63) is 156 Å². The average Bonchev–Trinajstić information content (AvgIpc) is 3.94. The molecule has 0 radical (unpaired) electrons. The third kappa shape index (κ3) is 2.52. The molecule has 14 rings (SSSR count). The summed E-state index contributed by atoms with van der Waals surface area (Å²) in [7, 11) is 0. The topological polar surface area (TPSA) is 25.8 Å². The SMILES string of the molecule is Cc1cccc(C)c1-c1c[n+]2c3c4c5c(ccc4c4c6ccccc6c6ccccc6c4n13)Oc1ccc3c4ccccc4n4cc[n+]6c4c3c1C562. The number of aryl methyl sites for hydroxylation is 2. The van der Waals surface area contributed by atoms with Gasteiger partial charge in [-0.3, -0.25) is 0 Å². The Morgan fingerprint density at radius 2 is 1.15 bits per heavy atom. The number of ether oxygens (including phenoxy) is 1. The fourth-order valence-electron chi connectivity index (χ4n) is 11.0. The van der Waals surface area contributed by atoms with E-state index >= 15 is 0 Å². The Kier molecular flexibility index (Phi) is 4.15. The Bertz CT molecular complexity index is 3570. The molecule has 7 aromatic carbocycles. The molecule has 11 aromatic rings. The quantitative estimate of drug-likeness (QED) is 0.127. The fraction of sp³-hybridized carbons (Fsp3) is 0.0638. The molecule has 4 aromatic heterocycles. The molecule has 1 unspecified atom stereocenters. The van der Waals surface area contributed by atoms with Gasteiger partial charge in [0.2, 0.25) is 0 Å². The van der Waals surface area contributed by atoms with E-state index in [0.717, 1.165) is 11.5 Å². The molecule has 52 heavy (non-hydrogen) atoms. The fourth-order valence-corrected chi connectivity index (χ4v) is 11.0. The van der Waals surface area contributed by atoms with E-state index in [-0.39, 0.29) is 0 Å². The van der Waals surface area contributed by atoms with E-state index in [1.807, 2.05) is 0 Å². The van der Waals surface area contributed by atoms with Crippen LogP contribution >= 0.6 is 0 Å². The number of para-hydroxylation sites is 1. The van der Waals surface area contributed by atoms with Gasteiger partial charge in [0.15, 0.2) is 5.69 Å². The minimum absolute atomic E-state index is 0.679. The van der Waals surface area contributed by atoms with Crippen molar-refractivity contribution in [2.45, 2.75) is 19.5 Å². The van der Waals surface area contributed by atoms with Crippen LogP contribution in [0.25, 0.3) is 87.4 Å². The Hall–Kier alpha value is -6.72. The highest BCUT2D eigenvalue weighted by Gasteiger charge is 2.65. The third-order valence-electron chi connectivity index (χ3n) is 12.7. The van der Waals surface area contributed by atoms with Crippen molar-refractivity contribution >= 4 is 76.2 Å². The molecule has 3 aliphatic heterocycles. The Labute approximate surface area is 296 Å². The van der Waals surface area contributed by atoms with Crippen LogP contribution in [0.3, 0.4) is 0 Å². The van der Waals surface area contributed by atoms with E-state index in [4.69, 9.17) is 4.74 Å². The first-order valence-corrected chi connectivity index (χ1v) is 18.1. The number of aromatic nitrogens is 4. The van der Waals surface area contributed by atoms with Crippen molar-refractivity contribution < 1.29 is 13.9 Å². The lowest BCUT2D eigenvalue weighted by Gasteiger charge is -2.30. The maximum Gasteiger partial charge on any atom is 0.315 e. The van der Waals surface area contributed by atoms with Gasteiger partial charge in [0, 0.05) is 32.5 Å². The van der Waals surface area contributed by atoms with Crippen molar-refractivity contribution in [2.75, 3.05) is 0 Å². The molecular weight excluding hydrogens is 637 g/mol. The maximum atomic E-state index is 7.04. The third-order valence-corrected chi connectivity index (χ3v) is 12.7. The molecular formula is C47H28N4O+2. The summed E-state index contributed by atoms with van der Waals surface area (Å²) in [6.07, 6.45) is 7.04. The summed E-state index contributed by atoms with van der Waals surface area (Å²) < 4.78 is 17.2. The number of pyridine rings is 2. The number of hydrogen-bond donors (Lipinski definition) is 0. The molecule has 5 nitrogen and oxygen atoms in total. The van der Waals surface area contributed by atoms with Crippen LogP contribution in [0.1, 0.15) is 22.3 Å². The minimum atomic E-state index is -0.679. The highest BCUT2D eigenvalue weighted by molar-refractivity contribution is 6.32. The zero-order valence-electron chi connectivity index (χ0n) is 28.4. The van der Waals surface area contributed by atoms with Crippen molar-refractivity contribution in [1.29, 1.82) is 0 Å². The zero-order chi connectivity index (χ0) is 33.8. The second-order valence-electron chi connectivity index (χ2n) is 15.0. The summed E-state index contributed by atoms with van der Waals surface area (Å²) in [5.41, 5.74) is 11.7. The zero-order valence-corrected chi connectivity index (χ0v) is 28.4. The highest BCUT2D eigenvalue weighted by atomic mass is 16.5. The molecule has 7 heterocycles. The van der Waals surface area contributed by atoms with Gasteiger partial charge in [-0.25, -0.2) is 0 Å². The van der Waals surface area contributed by atoms with Crippen LogP contribution in [0, 0.1) is 13.8 Å². The highest BCUT2D eigenvalue weighted by Crippen LogP contribution is 2.58. The summed E-state index contributed by atoms with van der Waals surface area (Å²) in [5.74, 6) is 1.85. The van der Waals surface area contributed by atoms with E-state index in [9.17, 15) is 0 Å². The second kappa shape index (κ2) is 8.25. The predicted octanol–water partition coefficient (Wildman–Crippen LogP) is 10.0. The average molecular weight is 665 g/mol.